The number of fused-ring (bicyclic) bond motifs is 1. The minimum atomic E-state index is 0.338. The van der Waals surface area contributed by atoms with E-state index in [1.54, 1.807) is 6.20 Å². The summed E-state index contributed by atoms with van der Waals surface area (Å²) in [4.78, 5) is 13.9. The van der Waals surface area contributed by atoms with Crippen molar-refractivity contribution in [3.8, 4) is 0 Å². The topological polar surface area (TPSA) is 117 Å². The van der Waals surface area contributed by atoms with Crippen LogP contribution in [0, 0.1) is 5.92 Å². The van der Waals surface area contributed by atoms with E-state index in [0.29, 0.717) is 23.5 Å². The van der Waals surface area contributed by atoms with Crippen molar-refractivity contribution >= 4 is 38.2 Å². The number of nitrogens with zero attached hydrogens (tertiary/aromatic N) is 3. The van der Waals surface area contributed by atoms with Crippen LogP contribution in [-0.2, 0) is 0 Å². The molecule has 0 unspecified atom stereocenters. The zero-order valence-corrected chi connectivity index (χ0v) is 17.8. The first kappa shape index (κ1) is 19.8. The van der Waals surface area contributed by atoms with Gasteiger partial charge in [0.1, 0.15) is 5.82 Å². The van der Waals surface area contributed by atoms with Gasteiger partial charge in [0.15, 0.2) is 5.82 Å². The van der Waals surface area contributed by atoms with E-state index in [1.807, 2.05) is 24.3 Å². The van der Waals surface area contributed by atoms with Crippen molar-refractivity contribution in [2.24, 2.45) is 17.4 Å². The molecule has 7 heteroatoms. The fourth-order valence-electron chi connectivity index (χ4n) is 4.06. The van der Waals surface area contributed by atoms with Crippen molar-refractivity contribution in [3.05, 3.63) is 64.3 Å². The second kappa shape index (κ2) is 8.47. The van der Waals surface area contributed by atoms with Crippen molar-refractivity contribution < 1.29 is 0 Å². The Morgan fingerprint density at radius 2 is 1.90 bits per heavy atom. The summed E-state index contributed by atoms with van der Waals surface area (Å²) in [6.07, 6.45) is 7.66. The summed E-state index contributed by atoms with van der Waals surface area (Å²) in [7, 11) is 0. The highest BCUT2D eigenvalue weighted by molar-refractivity contribution is 9.10. The van der Waals surface area contributed by atoms with Gasteiger partial charge in [-0.25, -0.2) is 9.97 Å². The molecule has 0 amide bonds. The molecule has 1 aliphatic rings. The highest BCUT2D eigenvalue weighted by Gasteiger charge is 2.26. The van der Waals surface area contributed by atoms with Crippen molar-refractivity contribution in [2.45, 2.75) is 31.6 Å². The number of pyridine rings is 1. The zero-order chi connectivity index (χ0) is 20.4. The summed E-state index contributed by atoms with van der Waals surface area (Å²) < 4.78 is 0.783. The molecule has 4 rings (SSSR count). The SMILES string of the molecule is NC=C(c1cnc2ccccc2c1)c1nc(N)c(Br)c(C2CCC(CN)CC2)n1. The van der Waals surface area contributed by atoms with E-state index in [9.17, 15) is 0 Å². The average Bonchev–Trinajstić information content (AvgIpc) is 2.76. The van der Waals surface area contributed by atoms with Crippen LogP contribution in [0.3, 0.4) is 0 Å². The molecule has 1 aromatic carbocycles. The Balaban J connectivity index is 1.72. The molecular weight excluding hydrogens is 428 g/mol. The molecule has 0 saturated heterocycles. The lowest BCUT2D eigenvalue weighted by atomic mass is 9.80. The summed E-state index contributed by atoms with van der Waals surface area (Å²) in [6.45, 7) is 0.750. The number of hydrogen-bond donors (Lipinski definition) is 3. The first-order valence-corrected chi connectivity index (χ1v) is 10.7. The van der Waals surface area contributed by atoms with Crippen molar-refractivity contribution in [2.75, 3.05) is 12.3 Å². The van der Waals surface area contributed by atoms with E-state index in [4.69, 9.17) is 22.2 Å². The lowest BCUT2D eigenvalue weighted by Crippen LogP contribution is -2.22. The first-order chi connectivity index (χ1) is 14.1. The monoisotopic (exact) mass is 452 g/mol. The van der Waals surface area contributed by atoms with Crippen LogP contribution in [-0.4, -0.2) is 21.5 Å². The Morgan fingerprint density at radius 3 is 2.62 bits per heavy atom. The molecule has 3 aromatic rings. The number of nitrogens with two attached hydrogens (primary N) is 3. The number of rotatable bonds is 4. The maximum Gasteiger partial charge on any atom is 0.163 e. The summed E-state index contributed by atoms with van der Waals surface area (Å²) in [6, 6.07) is 10.0. The predicted molar refractivity (Wildman–Crippen MR) is 121 cm³/mol. The number of anilines is 1. The second-order valence-electron chi connectivity index (χ2n) is 7.58. The normalized spacial score (nSPS) is 20.1. The molecule has 1 saturated carbocycles. The number of hydrogen-bond acceptors (Lipinski definition) is 6. The van der Waals surface area contributed by atoms with Gasteiger partial charge >= 0.3 is 0 Å². The molecule has 2 heterocycles. The van der Waals surface area contributed by atoms with Gasteiger partial charge in [-0.05, 0) is 66.2 Å². The summed E-state index contributed by atoms with van der Waals surface area (Å²) in [5.74, 6) is 1.90. The number of para-hydroxylation sites is 1. The van der Waals surface area contributed by atoms with Crippen LogP contribution in [0.4, 0.5) is 5.82 Å². The zero-order valence-electron chi connectivity index (χ0n) is 16.2. The van der Waals surface area contributed by atoms with Crippen molar-refractivity contribution in [1.82, 2.24) is 15.0 Å². The van der Waals surface area contributed by atoms with E-state index in [2.05, 4.69) is 32.0 Å². The maximum absolute atomic E-state index is 6.24. The molecule has 0 radical (unpaired) electrons. The Bertz CT molecular complexity index is 1060. The van der Waals surface area contributed by atoms with Gasteiger partial charge in [0.25, 0.3) is 0 Å². The predicted octanol–water partition coefficient (Wildman–Crippen LogP) is 3.95. The van der Waals surface area contributed by atoms with Gasteiger partial charge in [-0.3, -0.25) is 4.98 Å². The number of aromatic nitrogens is 3. The van der Waals surface area contributed by atoms with Crippen molar-refractivity contribution in [1.29, 1.82) is 0 Å². The fourth-order valence-corrected chi connectivity index (χ4v) is 4.56. The summed E-state index contributed by atoms with van der Waals surface area (Å²) >= 11 is 3.60. The van der Waals surface area contributed by atoms with Gasteiger partial charge in [-0.15, -0.1) is 0 Å². The Hall–Kier alpha value is -2.51. The third-order valence-electron chi connectivity index (χ3n) is 5.78. The maximum atomic E-state index is 6.24. The smallest absolute Gasteiger partial charge is 0.163 e. The third kappa shape index (κ3) is 3.97. The van der Waals surface area contributed by atoms with E-state index in [0.717, 1.165) is 64.4 Å². The van der Waals surface area contributed by atoms with Crippen LogP contribution in [0.2, 0.25) is 0 Å². The molecule has 0 aliphatic heterocycles. The van der Waals surface area contributed by atoms with Gasteiger partial charge in [0.2, 0.25) is 0 Å². The average molecular weight is 453 g/mol. The molecular formula is C22H25BrN6. The molecule has 0 spiro atoms. The van der Waals surface area contributed by atoms with Gasteiger partial charge in [0, 0.05) is 34.8 Å². The molecule has 6 N–H and O–H groups in total. The quantitative estimate of drug-likeness (QED) is 0.551. The highest BCUT2D eigenvalue weighted by atomic mass is 79.9. The molecule has 6 nitrogen and oxygen atoms in total. The van der Waals surface area contributed by atoms with Crippen LogP contribution in [0.1, 0.15) is 48.7 Å². The minimum absolute atomic E-state index is 0.338. The van der Waals surface area contributed by atoms with Gasteiger partial charge in [0.05, 0.1) is 15.7 Å². The third-order valence-corrected chi connectivity index (χ3v) is 6.59. The van der Waals surface area contributed by atoms with E-state index in [1.165, 1.54) is 6.20 Å². The summed E-state index contributed by atoms with van der Waals surface area (Å²) in [5, 5.41) is 1.04. The summed E-state index contributed by atoms with van der Waals surface area (Å²) in [5.41, 5.74) is 21.6. The van der Waals surface area contributed by atoms with Crippen LogP contribution >= 0.6 is 15.9 Å². The van der Waals surface area contributed by atoms with Crippen LogP contribution in [0.5, 0.6) is 0 Å². The minimum Gasteiger partial charge on any atom is -0.404 e. The molecule has 1 fully saturated rings. The second-order valence-corrected chi connectivity index (χ2v) is 8.38. The number of nitrogen functional groups attached to an aromatic ring is 1. The largest absolute Gasteiger partial charge is 0.404 e. The molecule has 2 aromatic heterocycles. The molecule has 1 aliphatic carbocycles. The van der Waals surface area contributed by atoms with E-state index < -0.39 is 0 Å². The van der Waals surface area contributed by atoms with Crippen LogP contribution in [0.25, 0.3) is 16.5 Å². The standard InChI is InChI=1S/C22H25BrN6/c23-19-20(14-7-5-13(10-24)6-8-14)28-22(29-21(19)26)17(11-25)16-9-15-3-1-2-4-18(15)27-12-16/h1-4,9,11-14H,5-8,10,24-25H2,(H2,26,28,29). The highest BCUT2D eigenvalue weighted by Crippen LogP contribution is 2.39. The van der Waals surface area contributed by atoms with Gasteiger partial charge in [-0.1, -0.05) is 18.2 Å². The lowest BCUT2D eigenvalue weighted by Gasteiger charge is -2.28. The van der Waals surface area contributed by atoms with Crippen LogP contribution in [0.15, 0.2) is 47.2 Å². The van der Waals surface area contributed by atoms with Gasteiger partial charge in [-0.2, -0.15) is 0 Å². The first-order valence-electron chi connectivity index (χ1n) is 9.91. The molecule has 29 heavy (non-hydrogen) atoms. The molecule has 150 valence electrons. The van der Waals surface area contributed by atoms with Gasteiger partial charge < -0.3 is 17.2 Å². The Labute approximate surface area is 178 Å². The van der Waals surface area contributed by atoms with E-state index >= 15 is 0 Å². The number of halogens is 1. The Morgan fingerprint density at radius 1 is 1.14 bits per heavy atom. The van der Waals surface area contributed by atoms with Crippen molar-refractivity contribution in [3.63, 3.8) is 0 Å². The van der Waals surface area contributed by atoms with E-state index in [-0.39, 0.29) is 0 Å². The van der Waals surface area contributed by atoms with Crippen LogP contribution < -0.4 is 17.2 Å². The molecule has 0 bridgehead atoms. The lowest BCUT2D eigenvalue weighted by molar-refractivity contribution is 0.328. The molecule has 0 atom stereocenters. The fraction of sp³-hybridized carbons (Fsp3) is 0.318. The number of benzene rings is 1. The Kier molecular flexibility index (Phi) is 5.78.